The second-order valence-corrected chi connectivity index (χ2v) is 6.12. The molecule has 7 heteroatoms. The van der Waals surface area contributed by atoms with Crippen LogP contribution in [0.3, 0.4) is 0 Å². The molecule has 1 aromatic heterocycles. The van der Waals surface area contributed by atoms with Gasteiger partial charge in [-0.3, -0.25) is 9.63 Å². The summed E-state index contributed by atoms with van der Waals surface area (Å²) in [5, 5.41) is 3.29. The standard InChI is InChI=1S/C16H21N3O3S/c1-2-6-19(22-8-4-3-7-20)16(21)12-10-14-13(5-9-23-14)18-15(17)11-12/h5,7,9-10H,2-4,6,8,11H2,1H3,(H2,17,18). The molecule has 0 saturated heterocycles. The van der Waals surface area contributed by atoms with Gasteiger partial charge in [0.05, 0.1) is 17.2 Å². The minimum atomic E-state index is -0.197. The van der Waals surface area contributed by atoms with Crippen molar-refractivity contribution in [1.82, 2.24) is 5.06 Å². The van der Waals surface area contributed by atoms with Crippen LogP contribution in [0.25, 0.3) is 6.08 Å². The number of nitrogens with two attached hydrogens (primary N) is 1. The van der Waals surface area contributed by atoms with Gasteiger partial charge in [0.2, 0.25) is 0 Å². The van der Waals surface area contributed by atoms with Crippen LogP contribution in [-0.4, -0.2) is 36.2 Å². The van der Waals surface area contributed by atoms with E-state index in [1.807, 2.05) is 24.4 Å². The first kappa shape index (κ1) is 17.4. The number of fused-ring (bicyclic) bond motifs is 1. The Balaban J connectivity index is 2.12. The Morgan fingerprint density at radius 3 is 3.13 bits per heavy atom. The Morgan fingerprint density at radius 2 is 2.39 bits per heavy atom. The first-order valence-electron chi connectivity index (χ1n) is 7.65. The summed E-state index contributed by atoms with van der Waals surface area (Å²) in [6, 6.07) is 1.89. The van der Waals surface area contributed by atoms with Crippen molar-refractivity contribution >= 4 is 41.1 Å². The highest BCUT2D eigenvalue weighted by Crippen LogP contribution is 2.31. The quantitative estimate of drug-likeness (QED) is 0.450. The topological polar surface area (TPSA) is 85.0 Å². The summed E-state index contributed by atoms with van der Waals surface area (Å²) >= 11 is 1.52. The predicted molar refractivity (Wildman–Crippen MR) is 91.4 cm³/mol. The molecule has 0 saturated carbocycles. The molecule has 0 fully saturated rings. The van der Waals surface area contributed by atoms with Crippen molar-refractivity contribution in [1.29, 1.82) is 0 Å². The number of aliphatic imine (C=N–C) groups is 1. The van der Waals surface area contributed by atoms with Gasteiger partial charge in [0.1, 0.15) is 12.1 Å². The van der Waals surface area contributed by atoms with Crippen LogP contribution in [0.15, 0.2) is 22.0 Å². The number of hydrogen-bond acceptors (Lipinski definition) is 6. The zero-order chi connectivity index (χ0) is 16.7. The molecular weight excluding hydrogens is 314 g/mol. The van der Waals surface area contributed by atoms with E-state index in [0.29, 0.717) is 43.8 Å². The average Bonchev–Trinajstić information content (AvgIpc) is 2.89. The van der Waals surface area contributed by atoms with Gasteiger partial charge in [0.25, 0.3) is 5.91 Å². The molecule has 0 aliphatic carbocycles. The van der Waals surface area contributed by atoms with Crippen molar-refractivity contribution < 1.29 is 14.4 Å². The fraction of sp³-hybridized carbons (Fsp3) is 0.438. The van der Waals surface area contributed by atoms with Crippen LogP contribution >= 0.6 is 11.3 Å². The number of carbonyl (C=O) groups excluding carboxylic acids is 2. The highest BCUT2D eigenvalue weighted by Gasteiger charge is 2.22. The van der Waals surface area contributed by atoms with E-state index >= 15 is 0 Å². The van der Waals surface area contributed by atoms with Crippen LogP contribution in [0, 0.1) is 0 Å². The lowest BCUT2D eigenvalue weighted by molar-refractivity contribution is -0.182. The van der Waals surface area contributed by atoms with E-state index < -0.39 is 0 Å². The van der Waals surface area contributed by atoms with Crippen molar-refractivity contribution in [3.05, 3.63) is 21.9 Å². The van der Waals surface area contributed by atoms with Gasteiger partial charge in [-0.15, -0.1) is 11.3 Å². The number of rotatable bonds is 8. The van der Waals surface area contributed by atoms with E-state index in [-0.39, 0.29) is 5.91 Å². The normalized spacial score (nSPS) is 13.6. The van der Waals surface area contributed by atoms with Gasteiger partial charge in [0.15, 0.2) is 0 Å². The number of amides is 1. The van der Waals surface area contributed by atoms with Crippen molar-refractivity contribution in [2.75, 3.05) is 13.2 Å². The largest absolute Gasteiger partial charge is 0.387 e. The Kier molecular flexibility index (Phi) is 6.49. The molecule has 2 rings (SSSR count). The second kappa shape index (κ2) is 8.59. The molecule has 1 aromatic rings. The second-order valence-electron chi connectivity index (χ2n) is 5.17. The maximum atomic E-state index is 12.7. The molecule has 0 radical (unpaired) electrons. The van der Waals surface area contributed by atoms with E-state index in [1.54, 1.807) is 0 Å². The Labute approximate surface area is 139 Å². The Hall–Kier alpha value is -1.99. The molecule has 0 bridgehead atoms. The molecule has 6 nitrogen and oxygen atoms in total. The van der Waals surface area contributed by atoms with Gasteiger partial charge >= 0.3 is 0 Å². The van der Waals surface area contributed by atoms with E-state index in [0.717, 1.165) is 23.3 Å². The molecular formula is C16H21N3O3S. The molecule has 0 unspecified atom stereocenters. The number of nitrogens with zero attached hydrogens (tertiary/aromatic N) is 2. The number of carbonyl (C=O) groups is 2. The molecule has 2 heterocycles. The minimum absolute atomic E-state index is 0.197. The van der Waals surface area contributed by atoms with Gasteiger partial charge in [-0.05, 0) is 30.4 Å². The van der Waals surface area contributed by atoms with Crippen LogP contribution in [0.2, 0.25) is 0 Å². The van der Waals surface area contributed by atoms with Crippen molar-refractivity contribution in [2.24, 2.45) is 10.7 Å². The monoisotopic (exact) mass is 335 g/mol. The third kappa shape index (κ3) is 4.74. The SMILES string of the molecule is CCCN(OCCCC=O)C(=O)C1=Cc2sccc2N=C(N)C1. The van der Waals surface area contributed by atoms with Crippen molar-refractivity contribution in [3.63, 3.8) is 0 Å². The van der Waals surface area contributed by atoms with Gasteiger partial charge in [-0.1, -0.05) is 6.92 Å². The van der Waals surface area contributed by atoms with Crippen LogP contribution in [0.5, 0.6) is 0 Å². The molecule has 23 heavy (non-hydrogen) atoms. The van der Waals surface area contributed by atoms with E-state index in [9.17, 15) is 9.59 Å². The molecule has 0 spiro atoms. The number of hydrogen-bond donors (Lipinski definition) is 1. The van der Waals surface area contributed by atoms with Gasteiger partial charge < -0.3 is 10.5 Å². The predicted octanol–water partition coefficient (Wildman–Crippen LogP) is 2.67. The summed E-state index contributed by atoms with van der Waals surface area (Å²) < 4.78 is 0. The molecule has 1 aliphatic rings. The number of amidine groups is 1. The fourth-order valence-corrected chi connectivity index (χ4v) is 2.97. The zero-order valence-corrected chi connectivity index (χ0v) is 14.0. The van der Waals surface area contributed by atoms with Gasteiger partial charge in [0, 0.05) is 25.0 Å². The number of thiophene rings is 1. The first-order chi connectivity index (χ1) is 11.2. The first-order valence-corrected chi connectivity index (χ1v) is 8.53. The molecule has 0 atom stereocenters. The molecule has 0 aromatic carbocycles. The maximum Gasteiger partial charge on any atom is 0.273 e. The molecule has 1 amide bonds. The summed E-state index contributed by atoms with van der Waals surface area (Å²) in [6.45, 7) is 2.81. The smallest absolute Gasteiger partial charge is 0.273 e. The van der Waals surface area contributed by atoms with Crippen LogP contribution in [0.4, 0.5) is 5.69 Å². The summed E-state index contributed by atoms with van der Waals surface area (Å²) in [7, 11) is 0. The third-order valence-electron chi connectivity index (χ3n) is 3.26. The van der Waals surface area contributed by atoms with E-state index in [2.05, 4.69) is 4.99 Å². The maximum absolute atomic E-state index is 12.7. The lowest BCUT2D eigenvalue weighted by Gasteiger charge is -2.22. The summed E-state index contributed by atoms with van der Waals surface area (Å²) in [4.78, 5) is 33.9. The highest BCUT2D eigenvalue weighted by molar-refractivity contribution is 7.11. The van der Waals surface area contributed by atoms with E-state index in [4.69, 9.17) is 10.6 Å². The van der Waals surface area contributed by atoms with Crippen LogP contribution in [-0.2, 0) is 14.4 Å². The fourth-order valence-electron chi connectivity index (χ4n) is 2.18. The Bertz CT molecular complexity index is 622. The van der Waals surface area contributed by atoms with Crippen molar-refractivity contribution in [3.8, 4) is 0 Å². The minimum Gasteiger partial charge on any atom is -0.387 e. The summed E-state index contributed by atoms with van der Waals surface area (Å²) in [5.41, 5.74) is 7.28. The van der Waals surface area contributed by atoms with Gasteiger partial charge in [-0.25, -0.2) is 10.1 Å². The van der Waals surface area contributed by atoms with E-state index in [1.165, 1.54) is 16.4 Å². The lowest BCUT2D eigenvalue weighted by Crippen LogP contribution is -2.34. The number of unbranched alkanes of at least 4 members (excludes halogenated alkanes) is 1. The molecule has 2 N–H and O–H groups in total. The number of aldehydes is 1. The summed E-state index contributed by atoms with van der Waals surface area (Å²) in [6.07, 6.45) is 4.78. The average molecular weight is 335 g/mol. The summed E-state index contributed by atoms with van der Waals surface area (Å²) in [5.74, 6) is 0.219. The molecule has 124 valence electrons. The third-order valence-corrected chi connectivity index (χ3v) is 4.11. The lowest BCUT2D eigenvalue weighted by atomic mass is 10.1. The zero-order valence-electron chi connectivity index (χ0n) is 13.2. The Morgan fingerprint density at radius 1 is 1.57 bits per heavy atom. The van der Waals surface area contributed by atoms with Crippen molar-refractivity contribution in [2.45, 2.75) is 32.6 Å². The molecule has 1 aliphatic heterocycles. The van der Waals surface area contributed by atoms with Crippen LogP contribution in [0.1, 0.15) is 37.5 Å². The highest BCUT2D eigenvalue weighted by atomic mass is 32.1. The van der Waals surface area contributed by atoms with Crippen LogP contribution < -0.4 is 5.73 Å². The van der Waals surface area contributed by atoms with Gasteiger partial charge in [-0.2, -0.15) is 0 Å². The number of hydroxylamine groups is 2.